The molecule has 1 heterocycles. The summed E-state index contributed by atoms with van der Waals surface area (Å²) >= 11 is 0. The number of fused-ring (bicyclic) bond motifs is 1. The van der Waals surface area contributed by atoms with E-state index in [1.54, 1.807) is 18.2 Å². The van der Waals surface area contributed by atoms with Gasteiger partial charge in [0.15, 0.2) is 5.75 Å². The molecule has 0 aliphatic carbocycles. The van der Waals surface area contributed by atoms with Crippen LogP contribution < -0.4 is 24.2 Å². The Hall–Kier alpha value is -4.12. The molecule has 14 nitrogen and oxygen atoms in total. The highest BCUT2D eigenvalue weighted by Crippen LogP contribution is 2.47. The van der Waals surface area contributed by atoms with E-state index >= 15 is 0 Å². The third kappa shape index (κ3) is 10.1. The summed E-state index contributed by atoms with van der Waals surface area (Å²) in [7, 11) is -5.36. The minimum Gasteiger partial charge on any atom is -0.492 e. The van der Waals surface area contributed by atoms with Gasteiger partial charge in [0, 0.05) is 25.0 Å². The van der Waals surface area contributed by atoms with Gasteiger partial charge < -0.3 is 24.3 Å². The maximum atomic E-state index is 14.4. The third-order valence-corrected chi connectivity index (χ3v) is 11.4. The molecule has 0 aromatic heterocycles. The van der Waals surface area contributed by atoms with Gasteiger partial charge in [0.2, 0.25) is 26.0 Å². The van der Waals surface area contributed by atoms with Crippen LogP contribution in [0.2, 0.25) is 0 Å². The van der Waals surface area contributed by atoms with Gasteiger partial charge >= 0.3 is 5.97 Å². The first-order valence-electron chi connectivity index (χ1n) is 17.1. The van der Waals surface area contributed by atoms with E-state index in [2.05, 4.69) is 19.7 Å². The number of carbonyl (C=O) groups is 2. The highest BCUT2D eigenvalue weighted by Gasteiger charge is 2.33. The molecule has 3 aromatic carbocycles. The normalized spacial score (nSPS) is 14.8. The van der Waals surface area contributed by atoms with E-state index in [-0.39, 0.29) is 40.7 Å². The maximum absolute atomic E-state index is 14.4. The van der Waals surface area contributed by atoms with Crippen molar-refractivity contribution in [1.29, 1.82) is 0 Å². The average molecular weight is 763 g/mol. The SMILES string of the molecule is CCS(=O)(=O)Nc1c(C(C)(C)C)cc(NC(=O)C(CC(=O)OC)c2ccc(OCCN3CCOCC3)c3ccccc23)c(OC)c1NS(=O)(=O)CC. The van der Waals surface area contributed by atoms with Crippen molar-refractivity contribution in [3.05, 3.63) is 53.6 Å². The molecule has 4 rings (SSSR count). The minimum absolute atomic E-state index is 0.0254. The molecule has 0 radical (unpaired) electrons. The second kappa shape index (κ2) is 17.1. The molecule has 52 heavy (non-hydrogen) atoms. The van der Waals surface area contributed by atoms with Crippen LogP contribution >= 0.6 is 0 Å². The summed E-state index contributed by atoms with van der Waals surface area (Å²) in [5.41, 5.74) is 0.00698. The lowest BCUT2D eigenvalue weighted by atomic mass is 9.84. The van der Waals surface area contributed by atoms with Crippen LogP contribution in [0.25, 0.3) is 10.8 Å². The number of ether oxygens (including phenoxy) is 4. The van der Waals surface area contributed by atoms with Gasteiger partial charge in [-0.05, 0) is 47.9 Å². The summed E-state index contributed by atoms with van der Waals surface area (Å²) < 4.78 is 79.0. The zero-order valence-corrected chi connectivity index (χ0v) is 32.5. The molecule has 3 aromatic rings. The molecule has 1 atom stereocenters. The van der Waals surface area contributed by atoms with Gasteiger partial charge in [0.05, 0.1) is 62.7 Å². The van der Waals surface area contributed by atoms with Crippen molar-refractivity contribution in [2.24, 2.45) is 0 Å². The highest BCUT2D eigenvalue weighted by atomic mass is 32.2. The van der Waals surface area contributed by atoms with Crippen molar-refractivity contribution >= 4 is 59.8 Å². The van der Waals surface area contributed by atoms with Crippen LogP contribution in [0, 0.1) is 0 Å². The first-order chi connectivity index (χ1) is 24.5. The average Bonchev–Trinajstić information content (AvgIpc) is 3.11. The molecule has 1 aliphatic rings. The number of anilines is 3. The van der Waals surface area contributed by atoms with Gasteiger partial charge in [-0.25, -0.2) is 16.8 Å². The lowest BCUT2D eigenvalue weighted by molar-refractivity contribution is -0.142. The summed E-state index contributed by atoms with van der Waals surface area (Å²) in [5.74, 6) is -2.41. The summed E-state index contributed by atoms with van der Waals surface area (Å²) in [5, 5.41) is 4.31. The molecule has 1 amide bonds. The number of amides is 1. The molecular weight excluding hydrogens is 713 g/mol. The molecule has 0 saturated carbocycles. The molecule has 3 N–H and O–H groups in total. The van der Waals surface area contributed by atoms with Crippen LogP contribution in [0.15, 0.2) is 42.5 Å². The van der Waals surface area contributed by atoms with Gasteiger partial charge in [0.25, 0.3) is 0 Å². The van der Waals surface area contributed by atoms with E-state index in [0.717, 1.165) is 25.0 Å². The number of hydrogen-bond acceptors (Lipinski definition) is 11. The summed E-state index contributed by atoms with van der Waals surface area (Å²) in [6.07, 6.45) is -0.318. The number of nitrogens with one attached hydrogen (secondary N) is 3. The van der Waals surface area contributed by atoms with Crippen LogP contribution in [0.5, 0.6) is 11.5 Å². The predicted octanol–water partition coefficient (Wildman–Crippen LogP) is 4.67. The first-order valence-corrected chi connectivity index (χ1v) is 20.4. The van der Waals surface area contributed by atoms with Crippen LogP contribution in [0.4, 0.5) is 17.1 Å². The Labute approximate surface area is 306 Å². The van der Waals surface area contributed by atoms with E-state index in [4.69, 9.17) is 18.9 Å². The number of morpholine rings is 1. The summed E-state index contributed by atoms with van der Waals surface area (Å²) in [6.45, 7) is 12.5. The van der Waals surface area contributed by atoms with E-state index in [1.807, 2.05) is 45.0 Å². The molecule has 0 spiro atoms. The Morgan fingerprint density at radius 3 is 2.10 bits per heavy atom. The van der Waals surface area contributed by atoms with Crippen molar-refractivity contribution in [2.45, 2.75) is 52.4 Å². The van der Waals surface area contributed by atoms with Gasteiger partial charge in [-0.2, -0.15) is 0 Å². The highest BCUT2D eigenvalue weighted by molar-refractivity contribution is 7.93. The Morgan fingerprint density at radius 2 is 1.52 bits per heavy atom. The van der Waals surface area contributed by atoms with Crippen molar-refractivity contribution in [3.63, 3.8) is 0 Å². The number of methoxy groups -OCH3 is 2. The molecule has 1 fully saturated rings. The number of hydrogen-bond donors (Lipinski definition) is 3. The van der Waals surface area contributed by atoms with Crippen LogP contribution in [-0.4, -0.2) is 98.8 Å². The first kappa shape index (κ1) is 40.6. The number of nitrogens with zero attached hydrogens (tertiary/aromatic N) is 1. The number of sulfonamides is 2. The van der Waals surface area contributed by atoms with E-state index in [9.17, 15) is 26.4 Å². The van der Waals surface area contributed by atoms with E-state index < -0.39 is 43.3 Å². The van der Waals surface area contributed by atoms with Crippen molar-refractivity contribution in [2.75, 3.05) is 79.9 Å². The lowest BCUT2D eigenvalue weighted by Gasteiger charge is -2.29. The van der Waals surface area contributed by atoms with Gasteiger partial charge in [0.1, 0.15) is 18.0 Å². The molecule has 1 aliphatic heterocycles. The topological polar surface area (TPSA) is 179 Å². The van der Waals surface area contributed by atoms with Crippen molar-refractivity contribution in [1.82, 2.24) is 4.90 Å². The Balaban J connectivity index is 1.82. The number of rotatable bonds is 16. The third-order valence-electron chi connectivity index (χ3n) is 8.80. The predicted molar refractivity (Wildman–Crippen MR) is 203 cm³/mol. The van der Waals surface area contributed by atoms with Gasteiger partial charge in [-0.1, -0.05) is 51.1 Å². The Bertz CT molecular complexity index is 1970. The zero-order chi connectivity index (χ0) is 38.3. The maximum Gasteiger partial charge on any atom is 0.306 e. The number of esters is 1. The fraction of sp³-hybridized carbons (Fsp3) is 0.500. The standard InChI is InChI=1S/C36H50N4O10S2/c1-8-51(43,44)38-32-28(36(3,4)5)23-29(34(48-7)33(32)39-52(45,46)9-2)37-35(42)27(22-31(41)47-6)25-14-15-30(26-13-11-10-12-24(25)26)50-21-18-40-16-19-49-20-17-40/h10-15,23,27,38-39H,8-9,16-22H2,1-7H3,(H,37,42). The summed E-state index contributed by atoms with van der Waals surface area (Å²) in [6, 6.07) is 12.5. The molecule has 286 valence electrons. The fourth-order valence-corrected chi connectivity index (χ4v) is 7.19. The van der Waals surface area contributed by atoms with Crippen LogP contribution in [0.1, 0.15) is 58.1 Å². The van der Waals surface area contributed by atoms with E-state index in [0.29, 0.717) is 42.1 Å². The Kier molecular flexibility index (Phi) is 13.4. The van der Waals surface area contributed by atoms with Crippen LogP contribution in [0.3, 0.4) is 0 Å². The molecule has 0 bridgehead atoms. The molecule has 1 unspecified atom stereocenters. The Morgan fingerprint density at radius 1 is 0.904 bits per heavy atom. The number of benzene rings is 3. The number of carbonyl (C=O) groups excluding carboxylic acids is 2. The second-order valence-electron chi connectivity index (χ2n) is 13.3. The zero-order valence-electron chi connectivity index (χ0n) is 30.8. The van der Waals surface area contributed by atoms with Crippen molar-refractivity contribution in [3.8, 4) is 11.5 Å². The quantitative estimate of drug-likeness (QED) is 0.173. The molecule has 1 saturated heterocycles. The monoisotopic (exact) mass is 762 g/mol. The van der Waals surface area contributed by atoms with Gasteiger partial charge in [-0.3, -0.25) is 23.9 Å². The molecular formula is C36H50N4O10S2. The molecule has 16 heteroatoms. The smallest absolute Gasteiger partial charge is 0.306 e. The van der Waals surface area contributed by atoms with E-state index in [1.165, 1.54) is 28.1 Å². The van der Waals surface area contributed by atoms with Crippen LogP contribution in [-0.2, 0) is 44.5 Å². The van der Waals surface area contributed by atoms with Crippen molar-refractivity contribution < 1.29 is 45.4 Å². The minimum atomic E-state index is -3.98. The summed E-state index contributed by atoms with van der Waals surface area (Å²) in [4.78, 5) is 29.5. The largest absolute Gasteiger partial charge is 0.492 e. The van der Waals surface area contributed by atoms with Gasteiger partial charge in [-0.15, -0.1) is 0 Å². The lowest BCUT2D eigenvalue weighted by Crippen LogP contribution is -2.38. The fourth-order valence-electron chi connectivity index (χ4n) is 5.87. The second-order valence-corrected chi connectivity index (χ2v) is 17.4.